The second-order valence-electron chi connectivity index (χ2n) is 9.14. The molecule has 2 heterocycles. The number of fused-ring (bicyclic) bond motifs is 1. The third kappa shape index (κ3) is 4.63. The van der Waals surface area contributed by atoms with Gasteiger partial charge in [-0.3, -0.25) is 15.1 Å². The Morgan fingerprint density at radius 3 is 2.47 bits per heavy atom. The SMILES string of the molecule is C[C@@H]1CCC[C@H](C)N1CCCCn1c(=O)c(-c2cccc(C(=N)N)c2)cc2ccccc21. The molecule has 168 valence electrons. The normalized spacial score (nSPS) is 19.3. The zero-order chi connectivity index (χ0) is 22.7. The van der Waals surface area contributed by atoms with Gasteiger partial charge in [0, 0.05) is 29.8 Å². The molecule has 0 aliphatic carbocycles. The van der Waals surface area contributed by atoms with E-state index in [1.54, 1.807) is 6.07 Å². The zero-order valence-corrected chi connectivity index (χ0v) is 19.2. The zero-order valence-electron chi connectivity index (χ0n) is 19.2. The van der Waals surface area contributed by atoms with Crippen molar-refractivity contribution in [3.8, 4) is 11.1 Å². The monoisotopic (exact) mass is 430 g/mol. The van der Waals surface area contributed by atoms with Crippen LogP contribution in [-0.4, -0.2) is 33.9 Å². The second kappa shape index (κ2) is 9.70. The van der Waals surface area contributed by atoms with Crippen LogP contribution in [-0.2, 0) is 6.54 Å². The number of piperidine rings is 1. The van der Waals surface area contributed by atoms with Crippen molar-refractivity contribution >= 4 is 16.7 Å². The number of rotatable bonds is 7. The Hall–Kier alpha value is -2.92. The highest BCUT2D eigenvalue weighted by molar-refractivity contribution is 5.96. The number of aromatic nitrogens is 1. The van der Waals surface area contributed by atoms with Gasteiger partial charge in [0.15, 0.2) is 0 Å². The Balaban J connectivity index is 1.60. The first kappa shape index (κ1) is 22.3. The molecule has 1 fully saturated rings. The fraction of sp³-hybridized carbons (Fsp3) is 0.407. The van der Waals surface area contributed by atoms with E-state index in [4.69, 9.17) is 11.1 Å². The van der Waals surface area contributed by atoms with Crippen LogP contribution >= 0.6 is 0 Å². The quantitative estimate of drug-likeness (QED) is 0.315. The minimum Gasteiger partial charge on any atom is -0.384 e. The van der Waals surface area contributed by atoms with Crippen LogP contribution in [0, 0.1) is 5.41 Å². The lowest BCUT2D eigenvalue weighted by Gasteiger charge is -2.39. The van der Waals surface area contributed by atoms with Crippen molar-refractivity contribution in [2.75, 3.05) is 6.54 Å². The first-order valence-electron chi connectivity index (χ1n) is 11.8. The predicted molar refractivity (Wildman–Crippen MR) is 133 cm³/mol. The number of nitrogens with zero attached hydrogens (tertiary/aromatic N) is 2. The van der Waals surface area contributed by atoms with E-state index < -0.39 is 0 Å². The van der Waals surface area contributed by atoms with Crippen LogP contribution in [0.1, 0.15) is 51.5 Å². The topological polar surface area (TPSA) is 75.1 Å². The standard InChI is InChI=1S/C27H34N4O/c1-19-9-7-10-20(2)30(19)15-5-6-16-31-25-14-4-3-11-22(25)18-24(27(31)32)21-12-8-13-23(17-21)26(28)29/h3-4,8,11-14,17-20H,5-7,9-10,15-16H2,1-2H3,(H3,28,29)/t19-,20+. The summed E-state index contributed by atoms with van der Waals surface area (Å²) < 4.78 is 1.92. The minimum absolute atomic E-state index is 0.00846. The van der Waals surface area contributed by atoms with E-state index in [2.05, 4.69) is 24.8 Å². The van der Waals surface area contributed by atoms with E-state index in [9.17, 15) is 4.79 Å². The summed E-state index contributed by atoms with van der Waals surface area (Å²) in [6.07, 6.45) is 5.96. The largest absolute Gasteiger partial charge is 0.384 e. The Morgan fingerprint density at radius 1 is 1.00 bits per heavy atom. The maximum Gasteiger partial charge on any atom is 0.258 e. The molecule has 3 N–H and O–H groups in total. The molecule has 0 saturated carbocycles. The summed E-state index contributed by atoms with van der Waals surface area (Å²) >= 11 is 0. The molecule has 5 nitrogen and oxygen atoms in total. The number of hydrogen-bond donors (Lipinski definition) is 2. The average Bonchev–Trinajstić information content (AvgIpc) is 2.79. The lowest BCUT2D eigenvalue weighted by molar-refractivity contribution is 0.101. The second-order valence-corrected chi connectivity index (χ2v) is 9.14. The van der Waals surface area contributed by atoms with Crippen molar-refractivity contribution in [3.05, 3.63) is 70.5 Å². The smallest absolute Gasteiger partial charge is 0.258 e. The molecule has 0 unspecified atom stereocenters. The Morgan fingerprint density at radius 2 is 1.72 bits per heavy atom. The maximum absolute atomic E-state index is 13.5. The molecular weight excluding hydrogens is 396 g/mol. The van der Waals surface area contributed by atoms with E-state index in [1.807, 2.05) is 47.0 Å². The van der Waals surface area contributed by atoms with Crippen LogP contribution in [0.2, 0.25) is 0 Å². The number of hydrogen-bond acceptors (Lipinski definition) is 3. The molecule has 3 aromatic rings. The molecule has 5 heteroatoms. The molecule has 1 aliphatic rings. The number of nitrogens with two attached hydrogens (primary N) is 1. The number of likely N-dealkylation sites (tertiary alicyclic amines) is 1. The summed E-state index contributed by atoms with van der Waals surface area (Å²) in [5, 5.41) is 8.79. The molecule has 0 spiro atoms. The van der Waals surface area contributed by atoms with Crippen molar-refractivity contribution in [1.82, 2.24) is 9.47 Å². The molecule has 0 radical (unpaired) electrons. The van der Waals surface area contributed by atoms with Gasteiger partial charge in [0.1, 0.15) is 5.84 Å². The molecule has 4 rings (SSSR count). The predicted octanol–water partition coefficient (Wildman–Crippen LogP) is 5.00. The number of amidine groups is 1. The van der Waals surface area contributed by atoms with Crippen LogP contribution in [0.25, 0.3) is 22.0 Å². The number of benzene rings is 2. The fourth-order valence-electron chi connectivity index (χ4n) is 5.09. The maximum atomic E-state index is 13.5. The van der Waals surface area contributed by atoms with E-state index >= 15 is 0 Å². The van der Waals surface area contributed by atoms with Crippen molar-refractivity contribution in [3.63, 3.8) is 0 Å². The van der Waals surface area contributed by atoms with Crippen LogP contribution in [0.4, 0.5) is 0 Å². The lowest BCUT2D eigenvalue weighted by atomic mass is 9.97. The Labute approximate surface area is 190 Å². The molecule has 1 aliphatic heterocycles. The van der Waals surface area contributed by atoms with Gasteiger partial charge in [-0.05, 0) is 75.2 Å². The van der Waals surface area contributed by atoms with Crippen LogP contribution in [0.3, 0.4) is 0 Å². The van der Waals surface area contributed by atoms with Crippen LogP contribution in [0.15, 0.2) is 59.4 Å². The number of para-hydroxylation sites is 1. The third-order valence-corrected chi connectivity index (χ3v) is 6.91. The van der Waals surface area contributed by atoms with Crippen molar-refractivity contribution in [2.45, 2.75) is 64.6 Å². The lowest BCUT2D eigenvalue weighted by Crippen LogP contribution is -2.44. The minimum atomic E-state index is 0.00846. The first-order chi connectivity index (χ1) is 15.5. The van der Waals surface area contributed by atoms with E-state index in [0.29, 0.717) is 29.8 Å². The van der Waals surface area contributed by atoms with Gasteiger partial charge in [-0.15, -0.1) is 0 Å². The highest BCUT2D eigenvalue weighted by Gasteiger charge is 2.23. The van der Waals surface area contributed by atoms with Gasteiger partial charge in [-0.2, -0.15) is 0 Å². The molecule has 32 heavy (non-hydrogen) atoms. The Kier molecular flexibility index (Phi) is 6.75. The highest BCUT2D eigenvalue weighted by Crippen LogP contribution is 2.24. The van der Waals surface area contributed by atoms with Gasteiger partial charge in [0.2, 0.25) is 0 Å². The summed E-state index contributed by atoms with van der Waals surface area (Å²) in [4.78, 5) is 16.2. The molecular formula is C27H34N4O. The van der Waals surface area contributed by atoms with E-state index in [1.165, 1.54) is 19.3 Å². The van der Waals surface area contributed by atoms with Crippen LogP contribution in [0.5, 0.6) is 0 Å². The Bertz CT molecular complexity index is 1160. The number of aryl methyl sites for hydroxylation is 1. The van der Waals surface area contributed by atoms with E-state index in [-0.39, 0.29) is 11.4 Å². The van der Waals surface area contributed by atoms with Gasteiger partial charge in [0.05, 0.1) is 5.52 Å². The summed E-state index contributed by atoms with van der Waals surface area (Å²) in [6.45, 7) is 6.48. The summed E-state index contributed by atoms with van der Waals surface area (Å²) in [5.41, 5.74) is 8.76. The number of unbranched alkanes of at least 4 members (excludes halogenated alkanes) is 1. The van der Waals surface area contributed by atoms with Crippen LogP contribution < -0.4 is 11.3 Å². The summed E-state index contributed by atoms with van der Waals surface area (Å²) in [5.74, 6) is 0.00846. The van der Waals surface area contributed by atoms with Gasteiger partial charge in [-0.25, -0.2) is 0 Å². The molecule has 0 amide bonds. The number of nitrogens with one attached hydrogen (secondary N) is 1. The number of nitrogen functional groups attached to an aromatic ring is 1. The molecule has 1 saturated heterocycles. The van der Waals surface area contributed by atoms with Crippen molar-refractivity contribution in [2.24, 2.45) is 5.73 Å². The molecule has 2 atom stereocenters. The molecule has 1 aromatic heterocycles. The summed E-state index contributed by atoms with van der Waals surface area (Å²) in [6, 6.07) is 18.8. The van der Waals surface area contributed by atoms with Gasteiger partial charge in [-0.1, -0.05) is 42.8 Å². The van der Waals surface area contributed by atoms with Crippen molar-refractivity contribution in [1.29, 1.82) is 5.41 Å². The fourth-order valence-corrected chi connectivity index (χ4v) is 5.09. The van der Waals surface area contributed by atoms with Gasteiger partial charge >= 0.3 is 0 Å². The summed E-state index contributed by atoms with van der Waals surface area (Å²) in [7, 11) is 0. The highest BCUT2D eigenvalue weighted by atomic mass is 16.1. The molecule has 2 aromatic carbocycles. The average molecular weight is 431 g/mol. The van der Waals surface area contributed by atoms with Gasteiger partial charge < -0.3 is 10.3 Å². The number of pyridine rings is 1. The van der Waals surface area contributed by atoms with E-state index in [0.717, 1.165) is 35.9 Å². The first-order valence-corrected chi connectivity index (χ1v) is 11.8. The van der Waals surface area contributed by atoms with Crippen molar-refractivity contribution < 1.29 is 0 Å². The molecule has 0 bridgehead atoms. The third-order valence-electron chi connectivity index (χ3n) is 6.91. The van der Waals surface area contributed by atoms with Gasteiger partial charge in [0.25, 0.3) is 5.56 Å².